The van der Waals surface area contributed by atoms with Crippen LogP contribution in [-0.2, 0) is 19.2 Å². The van der Waals surface area contributed by atoms with Gasteiger partial charge in [0.15, 0.2) is 5.96 Å². The second kappa shape index (κ2) is 14.1. The van der Waals surface area contributed by atoms with E-state index in [4.69, 9.17) is 22.3 Å². The van der Waals surface area contributed by atoms with Crippen LogP contribution in [0.5, 0.6) is 0 Å². The monoisotopic (exact) mass is 447 g/mol. The topological polar surface area (TPSA) is 255 Å². The van der Waals surface area contributed by atoms with Crippen molar-refractivity contribution in [3.05, 3.63) is 0 Å². The van der Waals surface area contributed by atoms with Crippen molar-refractivity contribution in [2.24, 2.45) is 28.1 Å². The molecular weight excluding hydrogens is 414 g/mol. The molecule has 0 bridgehead atoms. The lowest BCUT2D eigenvalue weighted by atomic mass is 10.0. The van der Waals surface area contributed by atoms with Crippen molar-refractivity contribution in [3.8, 4) is 0 Å². The number of carboxylic acids is 1. The van der Waals surface area contributed by atoms with E-state index in [1.54, 1.807) is 13.8 Å². The highest BCUT2D eigenvalue weighted by atomic mass is 16.4. The van der Waals surface area contributed by atoms with Crippen LogP contribution in [-0.4, -0.2) is 88.9 Å². The fraction of sp³-hybridized carbons (Fsp3) is 0.706. The molecule has 0 aromatic heterocycles. The SMILES string of the molecule is CC(C)C(NC(=O)C(CO)NC(=O)C(CO)NC(=O)C(N)CCCN=C(N)N)C(=O)O. The lowest BCUT2D eigenvalue weighted by Gasteiger charge is -2.24. The van der Waals surface area contributed by atoms with Gasteiger partial charge in [-0.05, 0) is 18.8 Å². The third kappa shape index (κ3) is 10.6. The summed E-state index contributed by atoms with van der Waals surface area (Å²) in [4.78, 5) is 51.6. The number of carboxylic acid groups (broad SMARTS) is 1. The maximum absolute atomic E-state index is 12.3. The van der Waals surface area contributed by atoms with E-state index in [0.29, 0.717) is 6.42 Å². The molecule has 4 atom stereocenters. The van der Waals surface area contributed by atoms with E-state index in [-0.39, 0.29) is 18.9 Å². The fourth-order valence-corrected chi connectivity index (χ4v) is 2.36. The molecule has 178 valence electrons. The van der Waals surface area contributed by atoms with Crippen LogP contribution >= 0.6 is 0 Å². The van der Waals surface area contributed by atoms with E-state index in [1.807, 2.05) is 0 Å². The number of guanidine groups is 1. The normalized spacial score (nSPS) is 14.6. The summed E-state index contributed by atoms with van der Waals surface area (Å²) < 4.78 is 0. The van der Waals surface area contributed by atoms with Gasteiger partial charge in [0.1, 0.15) is 18.1 Å². The van der Waals surface area contributed by atoms with Gasteiger partial charge in [0.05, 0.1) is 19.3 Å². The van der Waals surface area contributed by atoms with E-state index < -0.39 is 67.0 Å². The quantitative estimate of drug-likeness (QED) is 0.0700. The number of aliphatic carboxylic acids is 1. The zero-order chi connectivity index (χ0) is 24.1. The number of nitrogens with one attached hydrogen (secondary N) is 3. The summed E-state index contributed by atoms with van der Waals surface area (Å²) in [5, 5.41) is 34.6. The van der Waals surface area contributed by atoms with Crippen LogP contribution in [0.15, 0.2) is 4.99 Å². The van der Waals surface area contributed by atoms with Gasteiger partial charge in [-0.2, -0.15) is 0 Å². The Labute approximate surface area is 179 Å². The smallest absolute Gasteiger partial charge is 0.326 e. The second-order valence-corrected chi connectivity index (χ2v) is 7.11. The molecule has 12 N–H and O–H groups in total. The Bertz CT molecular complexity index is 653. The standard InChI is InChI=1S/C17H33N7O7/c1-8(2)12(16(30)31)24-15(29)11(7-26)23-14(28)10(6-25)22-13(27)9(18)4-3-5-21-17(19)20/h8-12,25-26H,3-7,18H2,1-2H3,(H,22,27)(H,23,28)(H,24,29)(H,30,31)(H4,19,20,21). The van der Waals surface area contributed by atoms with Crippen molar-refractivity contribution >= 4 is 29.7 Å². The van der Waals surface area contributed by atoms with E-state index in [1.165, 1.54) is 0 Å². The molecule has 0 heterocycles. The first-order valence-electron chi connectivity index (χ1n) is 9.61. The lowest BCUT2D eigenvalue weighted by Crippen LogP contribution is -2.59. The lowest BCUT2D eigenvalue weighted by molar-refractivity contribution is -0.143. The van der Waals surface area contributed by atoms with Gasteiger partial charge in [-0.15, -0.1) is 0 Å². The van der Waals surface area contributed by atoms with Crippen molar-refractivity contribution < 1.29 is 34.5 Å². The zero-order valence-corrected chi connectivity index (χ0v) is 17.6. The molecule has 0 aromatic rings. The number of aliphatic hydroxyl groups excluding tert-OH is 2. The number of amides is 3. The summed E-state index contributed by atoms with van der Waals surface area (Å²) in [6.45, 7) is 1.77. The first-order valence-corrected chi connectivity index (χ1v) is 9.61. The van der Waals surface area contributed by atoms with Crippen LogP contribution in [0.2, 0.25) is 0 Å². The largest absolute Gasteiger partial charge is 0.480 e. The minimum Gasteiger partial charge on any atom is -0.480 e. The molecule has 0 aliphatic heterocycles. The van der Waals surface area contributed by atoms with Crippen LogP contribution in [0.1, 0.15) is 26.7 Å². The number of carbonyl (C=O) groups excluding carboxylic acids is 3. The summed E-state index contributed by atoms with van der Waals surface area (Å²) >= 11 is 0. The number of aliphatic imine (C=N–C) groups is 1. The predicted molar refractivity (Wildman–Crippen MR) is 110 cm³/mol. The van der Waals surface area contributed by atoms with Crippen LogP contribution < -0.4 is 33.2 Å². The summed E-state index contributed by atoms with van der Waals surface area (Å²) in [5.74, 6) is -4.45. The fourth-order valence-electron chi connectivity index (χ4n) is 2.36. The molecule has 14 nitrogen and oxygen atoms in total. The highest BCUT2D eigenvalue weighted by Gasteiger charge is 2.30. The minimum absolute atomic E-state index is 0.0967. The van der Waals surface area contributed by atoms with Gasteiger partial charge in [-0.1, -0.05) is 13.8 Å². The molecule has 0 saturated heterocycles. The Morgan fingerprint density at radius 3 is 1.81 bits per heavy atom. The number of hydrogen-bond donors (Lipinski definition) is 9. The first-order chi connectivity index (χ1) is 14.4. The Morgan fingerprint density at radius 2 is 1.39 bits per heavy atom. The van der Waals surface area contributed by atoms with Crippen molar-refractivity contribution in [2.45, 2.75) is 50.9 Å². The molecule has 0 aliphatic carbocycles. The van der Waals surface area contributed by atoms with Crippen LogP contribution in [0.3, 0.4) is 0 Å². The number of carbonyl (C=O) groups is 4. The van der Waals surface area contributed by atoms with Gasteiger partial charge in [0.25, 0.3) is 0 Å². The number of hydrogen-bond acceptors (Lipinski definition) is 8. The number of rotatable bonds is 14. The van der Waals surface area contributed by atoms with Crippen molar-refractivity contribution in [2.75, 3.05) is 19.8 Å². The first kappa shape index (κ1) is 28.0. The molecule has 0 radical (unpaired) electrons. The molecule has 0 spiro atoms. The maximum atomic E-state index is 12.3. The van der Waals surface area contributed by atoms with Gasteiger partial charge in [0.2, 0.25) is 17.7 Å². The van der Waals surface area contributed by atoms with Gasteiger partial charge in [-0.3, -0.25) is 19.4 Å². The summed E-state index contributed by atoms with van der Waals surface area (Å²) in [6, 6.07) is -5.18. The van der Waals surface area contributed by atoms with Gasteiger partial charge in [0, 0.05) is 6.54 Å². The summed E-state index contributed by atoms with van der Waals surface area (Å²) in [7, 11) is 0. The highest BCUT2D eigenvalue weighted by Crippen LogP contribution is 2.02. The third-order valence-corrected chi connectivity index (χ3v) is 4.17. The van der Waals surface area contributed by atoms with Gasteiger partial charge >= 0.3 is 5.97 Å². The summed E-state index contributed by atoms with van der Waals surface area (Å²) in [6.07, 6.45) is 0.603. The molecule has 0 rings (SSSR count). The Hall–Kier alpha value is -2.97. The molecule has 0 saturated carbocycles. The Balaban J connectivity index is 4.87. The zero-order valence-electron chi connectivity index (χ0n) is 17.6. The maximum Gasteiger partial charge on any atom is 0.326 e. The Kier molecular flexibility index (Phi) is 12.8. The number of nitrogens with zero attached hydrogens (tertiary/aromatic N) is 1. The molecule has 0 aliphatic rings. The second-order valence-electron chi connectivity index (χ2n) is 7.11. The van der Waals surface area contributed by atoms with Crippen molar-refractivity contribution in [1.82, 2.24) is 16.0 Å². The summed E-state index contributed by atoms with van der Waals surface area (Å²) in [5.41, 5.74) is 16.1. The van der Waals surface area contributed by atoms with Gasteiger partial charge < -0.3 is 48.5 Å². The molecule has 0 fully saturated rings. The predicted octanol–water partition coefficient (Wildman–Crippen LogP) is -4.45. The average Bonchev–Trinajstić information content (AvgIpc) is 2.69. The number of aliphatic hydroxyl groups is 2. The van der Waals surface area contributed by atoms with E-state index >= 15 is 0 Å². The van der Waals surface area contributed by atoms with E-state index in [9.17, 15) is 29.4 Å². The molecule has 31 heavy (non-hydrogen) atoms. The average molecular weight is 447 g/mol. The van der Waals surface area contributed by atoms with E-state index in [0.717, 1.165) is 0 Å². The molecule has 0 aromatic carbocycles. The Morgan fingerprint density at radius 1 is 0.903 bits per heavy atom. The third-order valence-electron chi connectivity index (χ3n) is 4.17. The molecule has 14 heteroatoms. The van der Waals surface area contributed by atoms with Crippen LogP contribution in [0.4, 0.5) is 0 Å². The van der Waals surface area contributed by atoms with Crippen LogP contribution in [0.25, 0.3) is 0 Å². The number of nitrogens with two attached hydrogens (primary N) is 3. The minimum atomic E-state index is -1.49. The molecule has 3 amide bonds. The van der Waals surface area contributed by atoms with Crippen molar-refractivity contribution in [1.29, 1.82) is 0 Å². The molecular formula is C17H33N7O7. The van der Waals surface area contributed by atoms with Gasteiger partial charge in [-0.25, -0.2) is 4.79 Å². The van der Waals surface area contributed by atoms with E-state index in [2.05, 4.69) is 20.9 Å². The molecule has 4 unspecified atom stereocenters. The van der Waals surface area contributed by atoms with Crippen LogP contribution in [0, 0.1) is 5.92 Å². The highest BCUT2D eigenvalue weighted by molar-refractivity contribution is 5.94. The van der Waals surface area contributed by atoms with Crippen molar-refractivity contribution in [3.63, 3.8) is 0 Å².